The number of aliphatic hydroxyl groups excluding tert-OH is 1. The van der Waals surface area contributed by atoms with E-state index in [1.165, 1.54) is 0 Å². The third-order valence-corrected chi connectivity index (χ3v) is 1.36. The molecule has 0 saturated carbocycles. The molecule has 0 heterocycles. The molecule has 0 aromatic rings. The van der Waals surface area contributed by atoms with E-state index in [-0.39, 0.29) is 5.91 Å². The molecule has 0 aliphatic heterocycles. The van der Waals surface area contributed by atoms with Crippen LogP contribution in [-0.2, 0) is 4.79 Å². The summed E-state index contributed by atoms with van der Waals surface area (Å²) in [5.41, 5.74) is 0. The Bertz CT molecular complexity index is 117. The summed E-state index contributed by atoms with van der Waals surface area (Å²) in [5.74, 6) is -0.289. The van der Waals surface area contributed by atoms with Gasteiger partial charge in [0.15, 0.2) is 0 Å². The van der Waals surface area contributed by atoms with Gasteiger partial charge >= 0.3 is 0 Å². The van der Waals surface area contributed by atoms with Crippen LogP contribution in [-0.4, -0.2) is 37.3 Å². The van der Waals surface area contributed by atoms with Crippen LogP contribution in [0.15, 0.2) is 0 Å². The summed E-state index contributed by atoms with van der Waals surface area (Å²) >= 11 is 0. The molecule has 3 N–H and O–H groups in total. The lowest BCUT2D eigenvalue weighted by molar-refractivity contribution is -0.129. The van der Waals surface area contributed by atoms with Crippen molar-refractivity contribution >= 4 is 5.91 Å². The monoisotopic (exact) mass is 160 g/mol. The van der Waals surface area contributed by atoms with Gasteiger partial charge in [0.1, 0.15) is 6.10 Å². The molecule has 1 atom stereocenters. The number of hydrogen-bond acceptors (Lipinski definition) is 3. The van der Waals surface area contributed by atoms with Crippen LogP contribution in [0.1, 0.15) is 13.3 Å². The highest BCUT2D eigenvalue weighted by molar-refractivity contribution is 5.80. The average Bonchev–Trinajstić information content (AvgIpc) is 2.03. The Morgan fingerprint density at radius 3 is 2.64 bits per heavy atom. The van der Waals surface area contributed by atoms with E-state index in [1.54, 1.807) is 6.92 Å². The van der Waals surface area contributed by atoms with Gasteiger partial charge in [0.2, 0.25) is 5.91 Å². The largest absolute Gasteiger partial charge is 0.383 e. The molecule has 66 valence electrons. The second-order valence-electron chi connectivity index (χ2n) is 2.32. The third kappa shape index (κ3) is 4.75. The topological polar surface area (TPSA) is 61.4 Å². The molecule has 4 nitrogen and oxygen atoms in total. The maximum Gasteiger partial charge on any atom is 0.248 e. The number of carbonyl (C=O) groups is 1. The van der Waals surface area contributed by atoms with Gasteiger partial charge < -0.3 is 15.7 Å². The van der Waals surface area contributed by atoms with Gasteiger partial charge in [-0.2, -0.15) is 0 Å². The highest BCUT2D eigenvalue weighted by Gasteiger charge is 2.10. The van der Waals surface area contributed by atoms with Gasteiger partial charge in [-0.1, -0.05) is 6.92 Å². The Kier molecular flexibility index (Phi) is 5.78. The van der Waals surface area contributed by atoms with Gasteiger partial charge in [-0.25, -0.2) is 0 Å². The van der Waals surface area contributed by atoms with Crippen molar-refractivity contribution in [1.29, 1.82) is 0 Å². The summed E-state index contributed by atoms with van der Waals surface area (Å²) in [5, 5.41) is 14.5. The summed E-state index contributed by atoms with van der Waals surface area (Å²) in [6.07, 6.45) is -0.391. The van der Waals surface area contributed by atoms with Gasteiger partial charge in [-0.05, 0) is 13.5 Å². The van der Waals surface area contributed by atoms with E-state index in [4.69, 9.17) is 5.11 Å². The Morgan fingerprint density at radius 2 is 2.18 bits per heavy atom. The van der Waals surface area contributed by atoms with Crippen molar-refractivity contribution in [2.75, 3.05) is 20.1 Å². The first-order valence-electron chi connectivity index (χ1n) is 3.82. The Morgan fingerprint density at radius 1 is 1.55 bits per heavy atom. The number of aliphatic hydroxyl groups is 1. The van der Waals surface area contributed by atoms with Crippen LogP contribution in [0.3, 0.4) is 0 Å². The molecule has 0 aliphatic rings. The van der Waals surface area contributed by atoms with Crippen LogP contribution >= 0.6 is 0 Å². The molecule has 1 amide bonds. The molecular weight excluding hydrogens is 144 g/mol. The molecule has 1 unspecified atom stereocenters. The minimum absolute atomic E-state index is 0.289. The summed E-state index contributed by atoms with van der Waals surface area (Å²) in [4.78, 5) is 10.9. The van der Waals surface area contributed by atoms with E-state index in [2.05, 4.69) is 10.6 Å². The van der Waals surface area contributed by atoms with Crippen molar-refractivity contribution in [3.63, 3.8) is 0 Å². The second-order valence-corrected chi connectivity index (χ2v) is 2.32. The quantitative estimate of drug-likeness (QED) is 0.456. The fourth-order valence-electron chi connectivity index (χ4n) is 0.614. The normalized spacial score (nSPS) is 12.6. The molecule has 0 saturated heterocycles. The number of nitrogens with one attached hydrogen (secondary N) is 2. The maximum atomic E-state index is 10.9. The molecule has 0 radical (unpaired) electrons. The van der Waals surface area contributed by atoms with Crippen molar-refractivity contribution in [1.82, 2.24) is 10.6 Å². The molecular formula is C7H16N2O2. The zero-order valence-corrected chi connectivity index (χ0v) is 7.05. The lowest BCUT2D eigenvalue weighted by Crippen LogP contribution is -2.37. The number of rotatable bonds is 5. The third-order valence-electron chi connectivity index (χ3n) is 1.36. The zero-order valence-electron chi connectivity index (χ0n) is 7.05. The lowest BCUT2D eigenvalue weighted by atomic mass is 10.2. The standard InChI is InChI=1S/C7H16N2O2/c1-3-6(10)7(11)9-5-4-8-2/h6,8,10H,3-5H2,1-2H3,(H,9,11). The van der Waals surface area contributed by atoms with Crippen LogP contribution in [0.5, 0.6) is 0 Å². The maximum absolute atomic E-state index is 10.9. The van der Waals surface area contributed by atoms with E-state index in [0.717, 1.165) is 6.54 Å². The first kappa shape index (κ1) is 10.4. The Balaban J connectivity index is 3.36. The van der Waals surface area contributed by atoms with Gasteiger partial charge in [0.05, 0.1) is 0 Å². The predicted molar refractivity (Wildman–Crippen MR) is 43.2 cm³/mol. The molecule has 0 bridgehead atoms. The number of carbonyl (C=O) groups excluding carboxylic acids is 1. The Hall–Kier alpha value is -0.610. The van der Waals surface area contributed by atoms with E-state index in [0.29, 0.717) is 13.0 Å². The number of likely N-dealkylation sites (N-methyl/N-ethyl adjacent to an activating group) is 1. The molecule has 0 fully saturated rings. The molecule has 0 aliphatic carbocycles. The fourth-order valence-corrected chi connectivity index (χ4v) is 0.614. The highest BCUT2D eigenvalue weighted by Crippen LogP contribution is 1.87. The lowest BCUT2D eigenvalue weighted by Gasteiger charge is -2.08. The zero-order chi connectivity index (χ0) is 8.69. The summed E-state index contributed by atoms with van der Waals surface area (Å²) in [6, 6.07) is 0. The van der Waals surface area contributed by atoms with Gasteiger partial charge in [-0.15, -0.1) is 0 Å². The second kappa shape index (κ2) is 6.12. The summed E-state index contributed by atoms with van der Waals surface area (Å²) in [7, 11) is 1.81. The van der Waals surface area contributed by atoms with Crippen molar-refractivity contribution in [2.45, 2.75) is 19.4 Å². The van der Waals surface area contributed by atoms with Crippen molar-refractivity contribution in [3.8, 4) is 0 Å². The fraction of sp³-hybridized carbons (Fsp3) is 0.857. The average molecular weight is 160 g/mol. The molecule has 0 rings (SSSR count). The predicted octanol–water partition coefficient (Wildman–Crippen LogP) is -0.907. The Labute approximate surface area is 67.0 Å². The van der Waals surface area contributed by atoms with Crippen LogP contribution in [0.4, 0.5) is 0 Å². The van der Waals surface area contributed by atoms with Crippen LogP contribution in [0.2, 0.25) is 0 Å². The van der Waals surface area contributed by atoms with Crippen LogP contribution < -0.4 is 10.6 Å². The van der Waals surface area contributed by atoms with Gasteiger partial charge in [0, 0.05) is 13.1 Å². The molecule has 4 heteroatoms. The van der Waals surface area contributed by atoms with E-state index >= 15 is 0 Å². The van der Waals surface area contributed by atoms with Crippen LogP contribution in [0.25, 0.3) is 0 Å². The number of hydrogen-bond donors (Lipinski definition) is 3. The molecule has 0 aromatic heterocycles. The SMILES string of the molecule is CCC(O)C(=O)NCCNC. The summed E-state index contributed by atoms with van der Waals surface area (Å²) in [6.45, 7) is 3.05. The molecule has 0 aromatic carbocycles. The van der Waals surface area contributed by atoms with E-state index in [9.17, 15) is 4.79 Å². The highest BCUT2D eigenvalue weighted by atomic mass is 16.3. The first-order chi connectivity index (χ1) is 5.22. The van der Waals surface area contributed by atoms with Crippen LogP contribution in [0, 0.1) is 0 Å². The van der Waals surface area contributed by atoms with Crippen molar-refractivity contribution in [2.24, 2.45) is 0 Å². The number of amides is 1. The van der Waals surface area contributed by atoms with E-state index in [1.807, 2.05) is 7.05 Å². The first-order valence-corrected chi connectivity index (χ1v) is 3.82. The smallest absolute Gasteiger partial charge is 0.248 e. The van der Waals surface area contributed by atoms with Gasteiger partial charge in [-0.3, -0.25) is 4.79 Å². The minimum atomic E-state index is -0.855. The molecule has 11 heavy (non-hydrogen) atoms. The van der Waals surface area contributed by atoms with Crippen molar-refractivity contribution < 1.29 is 9.90 Å². The van der Waals surface area contributed by atoms with Gasteiger partial charge in [0.25, 0.3) is 0 Å². The van der Waals surface area contributed by atoms with E-state index < -0.39 is 6.10 Å². The minimum Gasteiger partial charge on any atom is -0.383 e. The summed E-state index contributed by atoms with van der Waals surface area (Å²) < 4.78 is 0. The van der Waals surface area contributed by atoms with Crippen molar-refractivity contribution in [3.05, 3.63) is 0 Å². The molecule has 0 spiro atoms.